The highest BCUT2D eigenvalue weighted by Gasteiger charge is 2.24. The summed E-state index contributed by atoms with van der Waals surface area (Å²) in [5.41, 5.74) is 0.862. The molecule has 3 rings (SSSR count). The fourth-order valence-corrected chi connectivity index (χ4v) is 2.59. The van der Waals surface area contributed by atoms with E-state index in [-0.39, 0.29) is 24.1 Å². The summed E-state index contributed by atoms with van der Waals surface area (Å²) < 4.78 is 10.9. The van der Waals surface area contributed by atoms with E-state index in [1.807, 2.05) is 12.1 Å². The van der Waals surface area contributed by atoms with Crippen molar-refractivity contribution in [3.63, 3.8) is 0 Å². The van der Waals surface area contributed by atoms with Crippen LogP contribution in [0.3, 0.4) is 0 Å². The van der Waals surface area contributed by atoms with E-state index in [4.69, 9.17) is 9.47 Å². The molecule has 8 heteroatoms. The average molecular weight is 344 g/mol. The number of ether oxygens (including phenoxy) is 2. The molecule has 1 atom stereocenters. The van der Waals surface area contributed by atoms with Crippen LogP contribution in [0, 0.1) is 0 Å². The Balaban J connectivity index is 1.58. The molecular weight excluding hydrogens is 324 g/mol. The van der Waals surface area contributed by atoms with Gasteiger partial charge in [-0.1, -0.05) is 12.1 Å². The third-order valence-corrected chi connectivity index (χ3v) is 3.91. The van der Waals surface area contributed by atoms with Crippen LogP contribution in [-0.4, -0.2) is 41.7 Å². The van der Waals surface area contributed by atoms with E-state index in [1.165, 1.54) is 0 Å². The monoisotopic (exact) mass is 344 g/mol. The maximum absolute atomic E-state index is 12.2. The molecule has 2 amide bonds. The second-order valence-corrected chi connectivity index (χ2v) is 5.68. The number of para-hydroxylation sites is 2. The maximum Gasteiger partial charge on any atom is 0.272 e. The van der Waals surface area contributed by atoms with Gasteiger partial charge in [0, 0.05) is 6.54 Å². The first-order valence-electron chi connectivity index (χ1n) is 8.06. The highest BCUT2D eigenvalue weighted by atomic mass is 16.5. The van der Waals surface area contributed by atoms with E-state index in [1.54, 1.807) is 25.3 Å². The van der Waals surface area contributed by atoms with Crippen LogP contribution in [0.1, 0.15) is 29.0 Å². The highest BCUT2D eigenvalue weighted by Crippen LogP contribution is 2.26. The van der Waals surface area contributed by atoms with Crippen molar-refractivity contribution in [3.05, 3.63) is 41.7 Å². The molecule has 1 aromatic carbocycles. The van der Waals surface area contributed by atoms with E-state index in [9.17, 15) is 9.59 Å². The van der Waals surface area contributed by atoms with E-state index in [0.29, 0.717) is 30.2 Å². The zero-order valence-corrected chi connectivity index (χ0v) is 13.9. The molecular formula is C17H20N4O4. The molecule has 2 aromatic rings. The van der Waals surface area contributed by atoms with E-state index in [2.05, 4.69) is 20.8 Å². The van der Waals surface area contributed by atoms with Crippen molar-refractivity contribution in [2.75, 3.05) is 13.7 Å². The van der Waals surface area contributed by atoms with Crippen molar-refractivity contribution < 1.29 is 19.1 Å². The van der Waals surface area contributed by atoms with Gasteiger partial charge >= 0.3 is 0 Å². The first kappa shape index (κ1) is 16.8. The summed E-state index contributed by atoms with van der Waals surface area (Å²) in [7, 11) is 1.57. The van der Waals surface area contributed by atoms with Crippen molar-refractivity contribution >= 4 is 11.8 Å². The summed E-state index contributed by atoms with van der Waals surface area (Å²) >= 11 is 0. The molecule has 0 saturated carbocycles. The average Bonchev–Trinajstić information content (AvgIpc) is 3.11. The standard InChI is InChI=1S/C17H20N4O4/c1-24-14-6-2-3-7-15(14)25-10-11-9-13(21-20-11)17(23)19-12-5-4-8-18-16(12)22/h2-3,6-7,9,12H,4-5,8,10H2,1H3,(H,18,22)(H,19,23)(H,20,21)/t12-/m0/s1. The molecule has 0 bridgehead atoms. The van der Waals surface area contributed by atoms with Crippen LogP contribution < -0.4 is 20.1 Å². The van der Waals surface area contributed by atoms with Crippen LogP contribution in [0.2, 0.25) is 0 Å². The van der Waals surface area contributed by atoms with Crippen LogP contribution in [-0.2, 0) is 11.4 Å². The molecule has 25 heavy (non-hydrogen) atoms. The summed E-state index contributed by atoms with van der Waals surface area (Å²) in [6, 6.07) is 8.39. The van der Waals surface area contributed by atoms with Gasteiger partial charge in [0.1, 0.15) is 18.3 Å². The highest BCUT2D eigenvalue weighted by molar-refractivity contribution is 5.96. The van der Waals surface area contributed by atoms with E-state index < -0.39 is 6.04 Å². The number of aromatic nitrogens is 2. The van der Waals surface area contributed by atoms with Crippen molar-refractivity contribution in [1.29, 1.82) is 0 Å². The number of benzene rings is 1. The molecule has 0 radical (unpaired) electrons. The largest absolute Gasteiger partial charge is 0.493 e. The number of rotatable bonds is 6. The number of hydrogen-bond donors (Lipinski definition) is 3. The smallest absolute Gasteiger partial charge is 0.272 e. The van der Waals surface area contributed by atoms with Crippen molar-refractivity contribution in [2.45, 2.75) is 25.5 Å². The van der Waals surface area contributed by atoms with Crippen LogP contribution in [0.25, 0.3) is 0 Å². The predicted molar refractivity (Wildman–Crippen MR) is 89.4 cm³/mol. The van der Waals surface area contributed by atoms with Gasteiger partial charge in [0.2, 0.25) is 5.91 Å². The van der Waals surface area contributed by atoms with Gasteiger partial charge in [-0.2, -0.15) is 5.10 Å². The molecule has 0 aliphatic carbocycles. The topological polar surface area (TPSA) is 105 Å². The molecule has 2 heterocycles. The van der Waals surface area contributed by atoms with Crippen LogP contribution in [0.5, 0.6) is 11.5 Å². The van der Waals surface area contributed by atoms with Crippen molar-refractivity contribution in [2.24, 2.45) is 0 Å². The lowest BCUT2D eigenvalue weighted by Crippen LogP contribution is -2.50. The molecule has 0 spiro atoms. The van der Waals surface area contributed by atoms with Gasteiger partial charge in [0.15, 0.2) is 11.5 Å². The van der Waals surface area contributed by atoms with Gasteiger partial charge < -0.3 is 20.1 Å². The lowest BCUT2D eigenvalue weighted by molar-refractivity contribution is -0.124. The summed E-state index contributed by atoms with van der Waals surface area (Å²) in [5, 5.41) is 12.2. The summed E-state index contributed by atoms with van der Waals surface area (Å²) in [6.45, 7) is 0.864. The number of carbonyl (C=O) groups excluding carboxylic acids is 2. The van der Waals surface area contributed by atoms with E-state index in [0.717, 1.165) is 6.42 Å². The minimum Gasteiger partial charge on any atom is -0.493 e. The number of nitrogens with one attached hydrogen (secondary N) is 3. The van der Waals surface area contributed by atoms with Crippen LogP contribution >= 0.6 is 0 Å². The molecule has 0 unspecified atom stereocenters. The number of methoxy groups -OCH3 is 1. The minimum absolute atomic E-state index is 0.158. The Morgan fingerprint density at radius 1 is 1.36 bits per heavy atom. The second-order valence-electron chi connectivity index (χ2n) is 5.68. The Hall–Kier alpha value is -3.03. The number of hydrogen-bond acceptors (Lipinski definition) is 5. The zero-order valence-electron chi connectivity index (χ0n) is 13.9. The number of amides is 2. The van der Waals surface area contributed by atoms with Gasteiger partial charge in [-0.25, -0.2) is 0 Å². The number of H-pyrrole nitrogens is 1. The summed E-state index contributed by atoms with van der Waals surface area (Å²) in [5.74, 6) is 0.685. The Labute approximate surface area is 144 Å². The first-order chi connectivity index (χ1) is 12.2. The van der Waals surface area contributed by atoms with Crippen molar-refractivity contribution in [1.82, 2.24) is 20.8 Å². The lowest BCUT2D eigenvalue weighted by Gasteiger charge is -2.22. The second kappa shape index (κ2) is 7.69. The molecule has 1 aliphatic heterocycles. The first-order valence-corrected chi connectivity index (χ1v) is 8.06. The van der Waals surface area contributed by atoms with Gasteiger partial charge in [0.25, 0.3) is 5.91 Å². The number of nitrogens with zero attached hydrogens (tertiary/aromatic N) is 1. The fourth-order valence-electron chi connectivity index (χ4n) is 2.59. The maximum atomic E-state index is 12.2. The molecule has 1 fully saturated rings. The molecule has 8 nitrogen and oxygen atoms in total. The molecule has 1 aliphatic rings. The molecule has 1 saturated heterocycles. The normalized spacial score (nSPS) is 16.8. The zero-order chi connectivity index (χ0) is 17.6. The third kappa shape index (κ3) is 4.09. The van der Waals surface area contributed by atoms with Gasteiger partial charge in [0.05, 0.1) is 12.8 Å². The Bertz CT molecular complexity index is 759. The van der Waals surface area contributed by atoms with Gasteiger partial charge in [-0.15, -0.1) is 0 Å². The number of piperidine rings is 1. The Kier molecular flexibility index (Phi) is 5.17. The molecule has 3 N–H and O–H groups in total. The Morgan fingerprint density at radius 3 is 2.92 bits per heavy atom. The quantitative estimate of drug-likeness (QED) is 0.725. The summed E-state index contributed by atoms with van der Waals surface area (Å²) in [6.07, 6.45) is 1.47. The van der Waals surface area contributed by atoms with Crippen LogP contribution in [0.4, 0.5) is 0 Å². The number of aromatic amines is 1. The predicted octanol–water partition coefficient (Wildman–Crippen LogP) is 1.01. The van der Waals surface area contributed by atoms with Crippen LogP contribution in [0.15, 0.2) is 30.3 Å². The van der Waals surface area contributed by atoms with Crippen molar-refractivity contribution in [3.8, 4) is 11.5 Å². The summed E-state index contributed by atoms with van der Waals surface area (Å²) in [4.78, 5) is 23.9. The minimum atomic E-state index is -0.508. The third-order valence-electron chi connectivity index (χ3n) is 3.91. The van der Waals surface area contributed by atoms with Gasteiger partial charge in [-0.3, -0.25) is 14.7 Å². The fraction of sp³-hybridized carbons (Fsp3) is 0.353. The van der Waals surface area contributed by atoms with Gasteiger partial charge in [-0.05, 0) is 31.0 Å². The molecule has 1 aromatic heterocycles. The molecule has 132 valence electrons. The van der Waals surface area contributed by atoms with E-state index >= 15 is 0 Å². The SMILES string of the molecule is COc1ccccc1OCc1cc(C(=O)N[C@H]2CCCNC2=O)n[nH]1. The lowest BCUT2D eigenvalue weighted by atomic mass is 10.1. The number of carbonyl (C=O) groups is 2. The Morgan fingerprint density at radius 2 is 2.16 bits per heavy atom.